The fourth-order valence-corrected chi connectivity index (χ4v) is 3.16. The predicted octanol–water partition coefficient (Wildman–Crippen LogP) is 1.60. The third-order valence-corrected chi connectivity index (χ3v) is 5.39. The summed E-state index contributed by atoms with van der Waals surface area (Å²) in [6.07, 6.45) is 0. The topological polar surface area (TPSA) is 75.3 Å². The number of sulfone groups is 1. The molecular formula is C15H24N2O3S. The molecule has 2 N–H and O–H groups in total. The van der Waals surface area contributed by atoms with E-state index in [0.717, 1.165) is 6.54 Å². The average molecular weight is 312 g/mol. The lowest BCUT2D eigenvalue weighted by atomic mass is 10.2. The Kier molecular flexibility index (Phi) is 6.36. The molecule has 0 bridgehead atoms. The van der Waals surface area contributed by atoms with E-state index in [2.05, 4.69) is 10.6 Å². The quantitative estimate of drug-likeness (QED) is 0.802. The van der Waals surface area contributed by atoms with Gasteiger partial charge in [0.15, 0.2) is 9.84 Å². The summed E-state index contributed by atoms with van der Waals surface area (Å²) in [5.74, 6) is -0.362. The molecule has 1 atom stereocenters. The van der Waals surface area contributed by atoms with Gasteiger partial charge >= 0.3 is 0 Å². The van der Waals surface area contributed by atoms with Gasteiger partial charge in [0, 0.05) is 12.6 Å². The van der Waals surface area contributed by atoms with E-state index in [1.807, 2.05) is 13.8 Å². The van der Waals surface area contributed by atoms with Crippen LogP contribution >= 0.6 is 0 Å². The van der Waals surface area contributed by atoms with Crippen molar-refractivity contribution in [1.82, 2.24) is 10.6 Å². The summed E-state index contributed by atoms with van der Waals surface area (Å²) in [4.78, 5) is 12.3. The van der Waals surface area contributed by atoms with E-state index in [4.69, 9.17) is 0 Å². The lowest BCUT2D eigenvalue weighted by Gasteiger charge is -2.15. The van der Waals surface area contributed by atoms with Gasteiger partial charge in [-0.05, 0) is 39.4 Å². The molecule has 21 heavy (non-hydrogen) atoms. The van der Waals surface area contributed by atoms with Gasteiger partial charge in [0.25, 0.3) is 5.91 Å². The van der Waals surface area contributed by atoms with Crippen LogP contribution in [0.15, 0.2) is 29.2 Å². The predicted molar refractivity (Wildman–Crippen MR) is 84.2 cm³/mol. The van der Waals surface area contributed by atoms with E-state index < -0.39 is 15.1 Å². The molecular weight excluding hydrogens is 288 g/mol. The smallest absolute Gasteiger partial charge is 0.252 e. The summed E-state index contributed by atoms with van der Waals surface area (Å²) in [7, 11) is -3.48. The second kappa shape index (κ2) is 7.56. The van der Waals surface area contributed by atoms with Crippen LogP contribution in [-0.4, -0.2) is 38.7 Å². The normalized spacial score (nSPS) is 13.2. The maximum absolute atomic E-state index is 12.3. The summed E-state index contributed by atoms with van der Waals surface area (Å²) >= 11 is 0. The van der Waals surface area contributed by atoms with E-state index in [9.17, 15) is 13.2 Å². The highest BCUT2D eigenvalue weighted by molar-refractivity contribution is 7.92. The molecule has 5 nitrogen and oxygen atoms in total. The maximum Gasteiger partial charge on any atom is 0.252 e. The van der Waals surface area contributed by atoms with Crippen molar-refractivity contribution in [1.29, 1.82) is 0 Å². The number of carbonyl (C=O) groups excluding carboxylic acids is 1. The highest BCUT2D eigenvalue weighted by Gasteiger charge is 2.25. The van der Waals surface area contributed by atoms with Gasteiger partial charge in [0.05, 0.1) is 15.7 Å². The average Bonchev–Trinajstić information content (AvgIpc) is 2.45. The van der Waals surface area contributed by atoms with Gasteiger partial charge in [-0.1, -0.05) is 19.1 Å². The van der Waals surface area contributed by atoms with Gasteiger partial charge in [0.1, 0.15) is 0 Å². The fourth-order valence-electron chi connectivity index (χ4n) is 1.92. The molecule has 0 fully saturated rings. The highest BCUT2D eigenvalue weighted by Crippen LogP contribution is 2.20. The Morgan fingerprint density at radius 1 is 1.19 bits per heavy atom. The van der Waals surface area contributed by atoms with Crippen molar-refractivity contribution < 1.29 is 13.2 Å². The zero-order valence-corrected chi connectivity index (χ0v) is 13.8. The van der Waals surface area contributed by atoms with E-state index in [0.29, 0.717) is 6.54 Å². The molecule has 0 spiro atoms. The Balaban J connectivity index is 2.96. The molecule has 0 saturated heterocycles. The number of benzene rings is 1. The van der Waals surface area contributed by atoms with E-state index in [-0.39, 0.29) is 22.4 Å². The van der Waals surface area contributed by atoms with Crippen molar-refractivity contribution >= 4 is 15.7 Å². The Hall–Kier alpha value is -1.40. The fraction of sp³-hybridized carbons (Fsp3) is 0.533. The number of nitrogens with one attached hydrogen (secondary N) is 2. The van der Waals surface area contributed by atoms with Crippen LogP contribution in [0.4, 0.5) is 0 Å². The van der Waals surface area contributed by atoms with Crippen LogP contribution in [0.3, 0.4) is 0 Å². The third-order valence-electron chi connectivity index (χ3n) is 3.18. The molecule has 1 aromatic rings. The lowest BCUT2D eigenvalue weighted by Crippen LogP contribution is -2.39. The van der Waals surface area contributed by atoms with Crippen molar-refractivity contribution in [3.05, 3.63) is 29.8 Å². The first-order valence-electron chi connectivity index (χ1n) is 7.15. The van der Waals surface area contributed by atoms with Gasteiger partial charge in [-0.2, -0.15) is 0 Å². The Bertz CT molecular complexity index is 582. The third kappa shape index (κ3) is 4.54. The summed E-state index contributed by atoms with van der Waals surface area (Å²) in [6, 6.07) is 6.46. The Morgan fingerprint density at radius 3 is 2.38 bits per heavy atom. The Morgan fingerprint density at radius 2 is 1.81 bits per heavy atom. The van der Waals surface area contributed by atoms with Crippen molar-refractivity contribution in [3.63, 3.8) is 0 Å². The second-order valence-electron chi connectivity index (χ2n) is 5.26. The van der Waals surface area contributed by atoms with E-state index >= 15 is 0 Å². The van der Waals surface area contributed by atoms with E-state index in [1.165, 1.54) is 6.07 Å². The second-order valence-corrected chi connectivity index (χ2v) is 7.73. The molecule has 0 aliphatic carbocycles. The number of carbonyl (C=O) groups is 1. The van der Waals surface area contributed by atoms with Gasteiger partial charge in [-0.3, -0.25) is 4.79 Å². The first-order chi connectivity index (χ1) is 9.80. The first-order valence-corrected chi connectivity index (χ1v) is 8.69. The molecule has 0 aliphatic heterocycles. The van der Waals surface area contributed by atoms with Crippen LogP contribution in [0.1, 0.15) is 38.1 Å². The minimum atomic E-state index is -3.48. The number of hydrogen-bond donors (Lipinski definition) is 2. The lowest BCUT2D eigenvalue weighted by molar-refractivity contribution is 0.0947. The number of amides is 1. The van der Waals surface area contributed by atoms with Crippen molar-refractivity contribution in [2.75, 3.05) is 13.1 Å². The van der Waals surface area contributed by atoms with Crippen LogP contribution in [0, 0.1) is 0 Å². The van der Waals surface area contributed by atoms with Crippen molar-refractivity contribution in [2.24, 2.45) is 0 Å². The molecule has 1 rings (SSSR count). The zero-order chi connectivity index (χ0) is 16.0. The molecule has 0 heterocycles. The number of likely N-dealkylation sites (N-methyl/N-ethyl adjacent to an activating group) is 1. The minimum Gasteiger partial charge on any atom is -0.350 e. The van der Waals surface area contributed by atoms with E-state index in [1.54, 1.807) is 32.0 Å². The highest BCUT2D eigenvalue weighted by atomic mass is 32.2. The maximum atomic E-state index is 12.3. The molecule has 0 radical (unpaired) electrons. The standard InChI is InChI=1S/C15H24N2O3S/c1-5-16-12(4)10-17-15(18)13-8-6-7-9-14(13)21(19,20)11(2)3/h6-9,11-12,16H,5,10H2,1-4H3,(H,17,18)/t12-/m1/s1. The summed E-state index contributed by atoms with van der Waals surface area (Å²) < 4.78 is 24.6. The molecule has 1 aromatic carbocycles. The van der Waals surface area contributed by atoms with Crippen LogP contribution in [0.25, 0.3) is 0 Å². The Labute approximate surface area is 127 Å². The molecule has 0 saturated carbocycles. The monoisotopic (exact) mass is 312 g/mol. The summed E-state index contributed by atoms with van der Waals surface area (Å²) in [5.41, 5.74) is 0.204. The van der Waals surface area contributed by atoms with Gasteiger partial charge in [-0.15, -0.1) is 0 Å². The van der Waals surface area contributed by atoms with Gasteiger partial charge < -0.3 is 10.6 Å². The van der Waals surface area contributed by atoms with Gasteiger partial charge in [-0.25, -0.2) is 8.42 Å². The van der Waals surface area contributed by atoms with Crippen molar-refractivity contribution in [2.45, 2.75) is 43.9 Å². The van der Waals surface area contributed by atoms with Crippen molar-refractivity contribution in [3.8, 4) is 0 Å². The molecule has 0 aliphatic rings. The zero-order valence-electron chi connectivity index (χ0n) is 13.0. The molecule has 118 valence electrons. The summed E-state index contributed by atoms with van der Waals surface area (Å²) in [5, 5.41) is 5.39. The van der Waals surface area contributed by atoms with Crippen LogP contribution in [0.5, 0.6) is 0 Å². The van der Waals surface area contributed by atoms with Crippen LogP contribution in [0.2, 0.25) is 0 Å². The molecule has 6 heteroatoms. The first kappa shape index (κ1) is 17.7. The van der Waals surface area contributed by atoms with Crippen LogP contribution in [-0.2, 0) is 9.84 Å². The van der Waals surface area contributed by atoms with Gasteiger partial charge in [0.2, 0.25) is 0 Å². The molecule has 0 aromatic heterocycles. The number of rotatable bonds is 7. The number of hydrogen-bond acceptors (Lipinski definition) is 4. The molecule has 1 amide bonds. The SMILES string of the molecule is CCN[C@H](C)CNC(=O)c1ccccc1S(=O)(=O)C(C)C. The molecule has 0 unspecified atom stereocenters. The summed E-state index contributed by atoms with van der Waals surface area (Å²) in [6.45, 7) is 8.43. The minimum absolute atomic E-state index is 0.0913. The largest absolute Gasteiger partial charge is 0.350 e. The van der Waals surface area contributed by atoms with Crippen LogP contribution < -0.4 is 10.6 Å².